The number of nitrogens with two attached hydrogens (primary N) is 1. The number of carbonyl (C=O) groups excluding carboxylic acids is 1. The molecule has 0 saturated heterocycles. The van der Waals surface area contributed by atoms with Crippen LogP contribution in [0.5, 0.6) is 0 Å². The van der Waals surface area contributed by atoms with Gasteiger partial charge in [0, 0.05) is 24.1 Å². The lowest BCUT2D eigenvalue weighted by Crippen LogP contribution is -2.19. The Kier molecular flexibility index (Phi) is 3.20. The molecular weight excluding hydrogens is 308 g/mol. The second-order valence-electron chi connectivity index (χ2n) is 5.04. The first-order valence-corrected chi connectivity index (χ1v) is 7.13. The molecule has 0 aliphatic carbocycles. The van der Waals surface area contributed by atoms with Crippen LogP contribution in [-0.4, -0.2) is 21.0 Å². The number of nitrogens with one attached hydrogen (secondary N) is 2. The van der Waals surface area contributed by atoms with E-state index in [9.17, 15) is 4.79 Å². The Morgan fingerprint density at radius 3 is 2.88 bits per heavy atom. The van der Waals surface area contributed by atoms with Crippen molar-refractivity contribution in [3.8, 4) is 0 Å². The fraction of sp³-hybridized carbons (Fsp3) is 0. The number of pyridine rings is 2. The maximum absolute atomic E-state index is 12.2. The van der Waals surface area contributed by atoms with E-state index in [1.165, 1.54) is 0 Å². The summed E-state index contributed by atoms with van der Waals surface area (Å²) in [6, 6.07) is 10.1. The highest BCUT2D eigenvalue weighted by molar-refractivity contribution is 6.04. The highest BCUT2D eigenvalue weighted by Gasteiger charge is 2.09. The van der Waals surface area contributed by atoms with Gasteiger partial charge in [-0.15, -0.1) is 0 Å². The number of urea groups is 1. The van der Waals surface area contributed by atoms with Crippen LogP contribution in [0.25, 0.3) is 22.1 Å². The smallest absolute Gasteiger partial charge is 0.323 e. The second-order valence-corrected chi connectivity index (χ2v) is 5.04. The molecule has 0 unspecified atom stereocenters. The largest absolute Gasteiger partial charge is 0.424 e. The molecule has 0 aliphatic rings. The summed E-state index contributed by atoms with van der Waals surface area (Å²) in [6.45, 7) is 0. The minimum atomic E-state index is -0.403. The van der Waals surface area contributed by atoms with Crippen molar-refractivity contribution in [2.45, 2.75) is 0 Å². The lowest BCUT2D eigenvalue weighted by atomic mass is 10.3. The number of hydrogen-bond donors (Lipinski definition) is 3. The van der Waals surface area contributed by atoms with Gasteiger partial charge in [-0.25, -0.2) is 4.79 Å². The molecule has 3 heterocycles. The Balaban J connectivity index is 1.56. The first-order valence-electron chi connectivity index (χ1n) is 7.13. The Labute approximate surface area is 135 Å². The summed E-state index contributed by atoms with van der Waals surface area (Å²) in [5.41, 5.74) is 9.09. The van der Waals surface area contributed by atoms with Crippen LogP contribution in [0, 0.1) is 0 Å². The Morgan fingerprint density at radius 2 is 1.96 bits per heavy atom. The molecule has 118 valence electrons. The number of benzene rings is 1. The molecule has 8 nitrogen and oxygen atoms in total. The molecule has 0 bridgehead atoms. The number of aromatic nitrogens is 3. The molecule has 2 amide bonds. The van der Waals surface area contributed by atoms with Gasteiger partial charge in [-0.1, -0.05) is 0 Å². The van der Waals surface area contributed by atoms with Gasteiger partial charge in [-0.2, -0.15) is 4.98 Å². The van der Waals surface area contributed by atoms with Crippen LogP contribution in [0.2, 0.25) is 0 Å². The van der Waals surface area contributed by atoms with Crippen LogP contribution in [0.15, 0.2) is 53.2 Å². The molecule has 0 radical (unpaired) electrons. The normalized spacial score (nSPS) is 10.8. The standard InChI is InChI=1S/C16H12N6O2/c17-15-21-10-4-3-9(8-13(10)24-15)20-16(23)22-12-5-7-18-11-2-1-6-19-14(11)12/h1-8H,(H2,17,21)(H2,18,20,22,23). The van der Waals surface area contributed by atoms with E-state index in [2.05, 4.69) is 25.6 Å². The third-order valence-electron chi connectivity index (χ3n) is 3.41. The molecule has 4 N–H and O–H groups in total. The Hall–Kier alpha value is -3.68. The van der Waals surface area contributed by atoms with E-state index in [4.69, 9.17) is 10.2 Å². The highest BCUT2D eigenvalue weighted by atomic mass is 16.4. The number of rotatable bonds is 2. The average molecular weight is 320 g/mol. The predicted molar refractivity (Wildman–Crippen MR) is 90.6 cm³/mol. The van der Waals surface area contributed by atoms with E-state index < -0.39 is 6.03 Å². The van der Waals surface area contributed by atoms with Crippen molar-refractivity contribution in [3.05, 3.63) is 48.8 Å². The molecule has 0 fully saturated rings. The van der Waals surface area contributed by atoms with E-state index >= 15 is 0 Å². The number of carbonyl (C=O) groups is 1. The zero-order valence-electron chi connectivity index (χ0n) is 12.4. The molecule has 8 heteroatoms. The summed E-state index contributed by atoms with van der Waals surface area (Å²) in [7, 11) is 0. The zero-order chi connectivity index (χ0) is 16.5. The number of amides is 2. The van der Waals surface area contributed by atoms with Crippen LogP contribution in [0.4, 0.5) is 22.2 Å². The molecule has 4 rings (SSSR count). The average Bonchev–Trinajstić information content (AvgIpc) is 2.94. The molecule has 4 aromatic rings. The van der Waals surface area contributed by atoms with Crippen molar-refractivity contribution < 1.29 is 9.21 Å². The van der Waals surface area contributed by atoms with Crippen molar-refractivity contribution in [1.82, 2.24) is 15.0 Å². The van der Waals surface area contributed by atoms with E-state index in [1.54, 1.807) is 42.7 Å². The van der Waals surface area contributed by atoms with E-state index in [0.29, 0.717) is 33.5 Å². The number of nitrogen functional groups attached to an aromatic ring is 1. The van der Waals surface area contributed by atoms with Gasteiger partial charge in [-0.3, -0.25) is 9.97 Å². The summed E-state index contributed by atoms with van der Waals surface area (Å²) in [4.78, 5) is 24.7. The quantitative estimate of drug-likeness (QED) is 0.522. The number of fused-ring (bicyclic) bond motifs is 2. The van der Waals surface area contributed by atoms with E-state index in [0.717, 1.165) is 0 Å². The minimum absolute atomic E-state index is 0.0842. The van der Waals surface area contributed by atoms with Crippen molar-refractivity contribution in [3.63, 3.8) is 0 Å². The fourth-order valence-corrected chi connectivity index (χ4v) is 2.39. The van der Waals surface area contributed by atoms with E-state index in [-0.39, 0.29) is 6.01 Å². The molecular formula is C16H12N6O2. The van der Waals surface area contributed by atoms with Gasteiger partial charge < -0.3 is 20.8 Å². The molecule has 24 heavy (non-hydrogen) atoms. The molecule has 0 atom stereocenters. The molecule has 3 aromatic heterocycles. The van der Waals surface area contributed by atoms with Crippen LogP contribution in [0.1, 0.15) is 0 Å². The zero-order valence-corrected chi connectivity index (χ0v) is 12.4. The van der Waals surface area contributed by atoms with Crippen molar-refractivity contribution in [2.75, 3.05) is 16.4 Å². The molecule has 0 saturated carbocycles. The van der Waals surface area contributed by atoms with Gasteiger partial charge in [0.15, 0.2) is 5.58 Å². The summed E-state index contributed by atoms with van der Waals surface area (Å²) in [5, 5.41) is 5.49. The Morgan fingerprint density at radius 1 is 1.04 bits per heavy atom. The summed E-state index contributed by atoms with van der Waals surface area (Å²) in [5.74, 6) is 0. The first-order chi connectivity index (χ1) is 11.7. The monoisotopic (exact) mass is 320 g/mol. The van der Waals surface area contributed by atoms with Gasteiger partial charge in [0.25, 0.3) is 6.01 Å². The number of nitrogens with zero attached hydrogens (tertiary/aromatic N) is 3. The van der Waals surface area contributed by atoms with Gasteiger partial charge >= 0.3 is 6.03 Å². The molecule has 0 spiro atoms. The summed E-state index contributed by atoms with van der Waals surface area (Å²) >= 11 is 0. The number of anilines is 3. The third kappa shape index (κ3) is 2.56. The van der Waals surface area contributed by atoms with Crippen LogP contribution in [0.3, 0.4) is 0 Å². The van der Waals surface area contributed by atoms with Crippen molar-refractivity contribution in [1.29, 1.82) is 0 Å². The second kappa shape index (κ2) is 5.51. The van der Waals surface area contributed by atoms with Crippen LogP contribution in [-0.2, 0) is 0 Å². The Bertz CT molecular complexity index is 1050. The van der Waals surface area contributed by atoms with Gasteiger partial charge in [0.05, 0.1) is 11.2 Å². The molecule has 1 aromatic carbocycles. The third-order valence-corrected chi connectivity index (χ3v) is 3.41. The van der Waals surface area contributed by atoms with Crippen LogP contribution < -0.4 is 16.4 Å². The maximum atomic E-state index is 12.2. The summed E-state index contributed by atoms with van der Waals surface area (Å²) < 4.78 is 5.24. The van der Waals surface area contributed by atoms with Crippen LogP contribution >= 0.6 is 0 Å². The number of oxazole rings is 1. The lowest BCUT2D eigenvalue weighted by Gasteiger charge is -2.09. The minimum Gasteiger partial charge on any atom is -0.424 e. The SMILES string of the molecule is Nc1nc2ccc(NC(=O)Nc3ccnc4cccnc34)cc2o1. The lowest BCUT2D eigenvalue weighted by molar-refractivity contribution is 0.262. The maximum Gasteiger partial charge on any atom is 0.323 e. The van der Waals surface area contributed by atoms with Gasteiger partial charge in [0.1, 0.15) is 11.0 Å². The fourth-order valence-electron chi connectivity index (χ4n) is 2.39. The summed E-state index contributed by atoms with van der Waals surface area (Å²) in [6.07, 6.45) is 3.26. The predicted octanol–water partition coefficient (Wildman–Crippen LogP) is 3.00. The van der Waals surface area contributed by atoms with Crippen molar-refractivity contribution >= 4 is 45.6 Å². The van der Waals surface area contributed by atoms with Gasteiger partial charge in [0.2, 0.25) is 0 Å². The van der Waals surface area contributed by atoms with E-state index in [1.807, 2.05) is 6.07 Å². The van der Waals surface area contributed by atoms with Gasteiger partial charge in [-0.05, 0) is 30.3 Å². The number of hydrogen-bond acceptors (Lipinski definition) is 6. The highest BCUT2D eigenvalue weighted by Crippen LogP contribution is 2.22. The topological polar surface area (TPSA) is 119 Å². The first kappa shape index (κ1) is 13.9. The van der Waals surface area contributed by atoms with Crippen molar-refractivity contribution in [2.24, 2.45) is 0 Å². The molecule has 0 aliphatic heterocycles.